The number of nitrogens with one attached hydrogen (secondary N) is 1. The van der Waals surface area contributed by atoms with Crippen molar-refractivity contribution in [3.05, 3.63) is 54.1 Å². The summed E-state index contributed by atoms with van der Waals surface area (Å²) in [6.07, 6.45) is 0.800. The lowest BCUT2D eigenvalue weighted by molar-refractivity contribution is -0.130. The third-order valence-corrected chi connectivity index (χ3v) is 9.18. The van der Waals surface area contributed by atoms with Gasteiger partial charge in [-0.05, 0) is 43.2 Å². The molecule has 2 aromatic rings. The highest BCUT2D eigenvalue weighted by molar-refractivity contribution is 8.45. The Morgan fingerprint density at radius 3 is 2.23 bits per heavy atom. The van der Waals surface area contributed by atoms with Gasteiger partial charge in [-0.2, -0.15) is 5.26 Å². The zero-order valence-corrected chi connectivity index (χ0v) is 24.2. The number of likely N-dealkylation sites (tertiary alicyclic amines) is 1. The summed E-state index contributed by atoms with van der Waals surface area (Å²) in [5.74, 6) is -6.11. The minimum atomic E-state index is -10.2. The van der Waals surface area contributed by atoms with Gasteiger partial charge in [0, 0.05) is 41.7 Å². The van der Waals surface area contributed by atoms with Gasteiger partial charge in [-0.3, -0.25) is 24.4 Å². The van der Waals surface area contributed by atoms with E-state index in [1.54, 1.807) is 6.19 Å². The lowest BCUT2D eigenvalue weighted by Gasteiger charge is -2.41. The molecule has 2 unspecified atom stereocenters. The Labute approximate surface area is 247 Å². The van der Waals surface area contributed by atoms with E-state index >= 15 is 0 Å². The maximum atomic E-state index is 14.4. The van der Waals surface area contributed by atoms with Crippen molar-refractivity contribution in [3.63, 3.8) is 0 Å². The molecule has 1 aromatic carbocycles. The molecule has 0 radical (unpaired) electrons. The number of aliphatic hydroxyl groups is 1. The first-order chi connectivity index (χ1) is 20.0. The fourth-order valence-corrected chi connectivity index (χ4v) is 6.17. The van der Waals surface area contributed by atoms with Crippen LogP contribution in [0.15, 0.2) is 47.6 Å². The van der Waals surface area contributed by atoms with Gasteiger partial charge in [-0.1, -0.05) is 33.3 Å². The summed E-state index contributed by atoms with van der Waals surface area (Å²) in [6, 6.07) is -2.36. The maximum Gasteiger partial charge on any atom is 0.310 e. The van der Waals surface area contributed by atoms with Crippen LogP contribution in [0.3, 0.4) is 0 Å². The molecule has 0 bridgehead atoms. The maximum absolute atomic E-state index is 14.4. The number of hydrogen-bond acceptors (Lipinski definition) is 6. The van der Waals surface area contributed by atoms with Gasteiger partial charge in [0.25, 0.3) is 5.91 Å². The van der Waals surface area contributed by atoms with Crippen LogP contribution in [-0.2, 0) is 9.59 Å². The molecule has 1 aliphatic heterocycles. The van der Waals surface area contributed by atoms with Crippen molar-refractivity contribution in [2.45, 2.75) is 74.6 Å². The Morgan fingerprint density at radius 1 is 1.11 bits per heavy atom. The SMILES string of the molecule is CC1(C)C(O)CN(C#N)[C@H]1C(=O)N(c1ccc(S(F)(F)(F)(F)F)cc1)C(C(=O)NC1CCC(F)(F)CC1)c1cncc(F)c1. The van der Waals surface area contributed by atoms with Gasteiger partial charge < -0.3 is 10.4 Å². The first-order valence-electron chi connectivity index (χ1n) is 13.3. The van der Waals surface area contributed by atoms with E-state index in [0.29, 0.717) is 17.0 Å². The summed E-state index contributed by atoms with van der Waals surface area (Å²) in [7, 11) is -10.2. The minimum Gasteiger partial charge on any atom is -0.391 e. The fourth-order valence-electron chi connectivity index (χ4n) is 5.52. The number of pyridine rings is 1. The average molecular weight is 656 g/mol. The number of β-amino-alcohol motifs (C(OH)–C–C–N with tert-alkyl or cyclic N) is 1. The van der Waals surface area contributed by atoms with Gasteiger partial charge in [-0.25, -0.2) is 13.2 Å². The Hall–Kier alpha value is -3.65. The molecule has 2 heterocycles. The van der Waals surface area contributed by atoms with Gasteiger partial charge in [-0.15, -0.1) is 0 Å². The summed E-state index contributed by atoms with van der Waals surface area (Å²) in [5, 5.41) is 22.9. The number of amides is 2. The smallest absolute Gasteiger partial charge is 0.310 e. The van der Waals surface area contributed by atoms with E-state index in [1.165, 1.54) is 13.8 Å². The van der Waals surface area contributed by atoms with Gasteiger partial charge in [0.05, 0.1) is 18.8 Å². The third-order valence-electron chi connectivity index (χ3n) is 8.02. The van der Waals surface area contributed by atoms with Gasteiger partial charge in [0.2, 0.25) is 11.8 Å². The van der Waals surface area contributed by atoms with Crippen molar-refractivity contribution in [3.8, 4) is 6.19 Å². The number of anilines is 1. The van der Waals surface area contributed by atoms with E-state index in [2.05, 4.69) is 10.3 Å². The van der Waals surface area contributed by atoms with Crippen LogP contribution in [0.25, 0.3) is 0 Å². The van der Waals surface area contributed by atoms with Gasteiger partial charge in [0.15, 0.2) is 6.19 Å². The molecule has 1 aliphatic carbocycles. The first-order valence-corrected chi connectivity index (χ1v) is 15.3. The van der Waals surface area contributed by atoms with Crippen LogP contribution in [-0.4, -0.2) is 57.5 Å². The largest absolute Gasteiger partial charge is 0.391 e. The number of aliphatic hydroxyl groups excluding tert-OH is 1. The number of alkyl halides is 2. The van der Waals surface area contributed by atoms with Crippen molar-refractivity contribution in [2.75, 3.05) is 11.4 Å². The average Bonchev–Trinajstić information content (AvgIpc) is 3.14. The van der Waals surface area contributed by atoms with E-state index in [0.717, 1.165) is 23.4 Å². The molecule has 2 amide bonds. The standard InChI is InChI=1S/C27H29F8N5O3S/c1-26(2)21(41)14-39(15-36)23(26)25(43)40(19-3-5-20(6-4-19)44(31,32,33,34)35)22(16-11-17(28)13-37-12-16)24(42)38-18-7-9-27(29,30)10-8-18/h3-6,11-13,18,21-23,41H,7-10,14H2,1-2H3,(H,38,42)/t21?,22?,23-/m0/s1. The Morgan fingerprint density at radius 2 is 1.70 bits per heavy atom. The molecule has 1 saturated carbocycles. The van der Waals surface area contributed by atoms with Crippen LogP contribution < -0.4 is 10.2 Å². The molecule has 1 aromatic heterocycles. The Kier molecular flexibility index (Phi) is 7.91. The monoisotopic (exact) mass is 655 g/mol. The van der Waals surface area contributed by atoms with Crippen molar-refractivity contribution >= 4 is 27.7 Å². The van der Waals surface area contributed by atoms with Crippen molar-refractivity contribution < 1.29 is 47.3 Å². The van der Waals surface area contributed by atoms with Crippen molar-refractivity contribution in [1.82, 2.24) is 15.2 Å². The summed E-state index contributed by atoms with van der Waals surface area (Å²) in [6.45, 7) is 2.52. The van der Waals surface area contributed by atoms with Crippen LogP contribution in [0, 0.1) is 22.7 Å². The second-order valence-electron chi connectivity index (χ2n) is 11.6. The number of carbonyl (C=O) groups is 2. The molecule has 44 heavy (non-hydrogen) atoms. The van der Waals surface area contributed by atoms with Crippen molar-refractivity contribution in [2.24, 2.45) is 5.41 Å². The topological polar surface area (TPSA) is 110 Å². The van der Waals surface area contributed by atoms with Gasteiger partial charge in [0.1, 0.15) is 22.8 Å². The molecule has 4 rings (SSSR count). The number of nitriles is 1. The van der Waals surface area contributed by atoms with E-state index in [-0.39, 0.29) is 37.1 Å². The van der Waals surface area contributed by atoms with Crippen molar-refractivity contribution in [1.29, 1.82) is 5.26 Å². The summed E-state index contributed by atoms with van der Waals surface area (Å²) in [5.41, 5.74) is -2.20. The lowest BCUT2D eigenvalue weighted by atomic mass is 9.81. The molecular formula is C27H29F8N5O3S. The molecule has 1 saturated heterocycles. The highest BCUT2D eigenvalue weighted by atomic mass is 32.5. The number of carbonyl (C=O) groups excluding carboxylic acids is 2. The summed E-state index contributed by atoms with van der Waals surface area (Å²) < 4.78 is 110. The summed E-state index contributed by atoms with van der Waals surface area (Å²) >= 11 is 0. The molecular weight excluding hydrogens is 626 g/mol. The number of nitrogens with zero attached hydrogens (tertiary/aromatic N) is 4. The van der Waals surface area contributed by atoms with Crippen LogP contribution in [0.1, 0.15) is 51.1 Å². The number of halogens is 8. The Balaban J connectivity index is 1.88. The number of benzene rings is 1. The quantitative estimate of drug-likeness (QED) is 0.272. The lowest BCUT2D eigenvalue weighted by Crippen LogP contribution is -2.55. The number of aromatic nitrogens is 1. The van der Waals surface area contributed by atoms with Gasteiger partial charge >= 0.3 is 10.2 Å². The predicted molar refractivity (Wildman–Crippen MR) is 144 cm³/mol. The first kappa shape index (κ1) is 33.2. The zero-order valence-electron chi connectivity index (χ0n) is 23.4. The second-order valence-corrected chi connectivity index (χ2v) is 14.1. The van der Waals surface area contributed by atoms with Crippen LogP contribution in [0.2, 0.25) is 0 Å². The second kappa shape index (κ2) is 10.5. The predicted octanol–water partition coefficient (Wildman–Crippen LogP) is 6.20. The molecule has 0 spiro atoms. The molecule has 17 heteroatoms. The molecule has 242 valence electrons. The van der Waals surface area contributed by atoms with E-state index in [1.807, 2.05) is 0 Å². The Bertz CT molecular complexity index is 1470. The normalized spacial score (nSPS) is 24.0. The molecule has 2 N–H and O–H groups in total. The number of hydrogen-bond donors (Lipinski definition) is 2. The van der Waals surface area contributed by atoms with Crippen LogP contribution >= 0.6 is 10.2 Å². The molecule has 2 fully saturated rings. The van der Waals surface area contributed by atoms with Crippen LogP contribution in [0.5, 0.6) is 0 Å². The summed E-state index contributed by atoms with van der Waals surface area (Å²) in [4.78, 5) is 31.1. The third kappa shape index (κ3) is 6.85. The fraction of sp³-hybridized carbons (Fsp3) is 0.481. The van der Waals surface area contributed by atoms with Crippen LogP contribution in [0.4, 0.5) is 38.3 Å². The van der Waals surface area contributed by atoms with E-state index in [9.17, 15) is 52.6 Å². The zero-order chi connectivity index (χ0) is 32.9. The van der Waals surface area contributed by atoms with E-state index in [4.69, 9.17) is 0 Å². The minimum absolute atomic E-state index is 0.0237. The highest BCUT2D eigenvalue weighted by Gasteiger charge is 2.65. The number of rotatable bonds is 7. The molecule has 8 nitrogen and oxygen atoms in total. The molecule has 3 atom stereocenters. The highest BCUT2D eigenvalue weighted by Crippen LogP contribution is 3.02. The van der Waals surface area contributed by atoms with E-state index < -0.39 is 86.8 Å². The molecule has 2 aliphatic rings.